The first-order valence-corrected chi connectivity index (χ1v) is 9.48. The minimum absolute atomic E-state index is 0.338. The molecule has 1 amide bonds. The minimum Gasteiger partial charge on any atom is -0.480 e. The van der Waals surface area contributed by atoms with Crippen LogP contribution in [0, 0.1) is 0 Å². The van der Waals surface area contributed by atoms with Gasteiger partial charge in [-0.3, -0.25) is 9.69 Å². The van der Waals surface area contributed by atoms with E-state index < -0.39 is 17.6 Å². The fraction of sp³-hybridized carbons (Fsp3) is 0.625. The molecule has 2 rings (SSSR count). The molecule has 1 aliphatic heterocycles. The van der Waals surface area contributed by atoms with Gasteiger partial charge in [-0.15, -0.1) is 11.3 Å². The maximum atomic E-state index is 12.2. The summed E-state index contributed by atoms with van der Waals surface area (Å²) in [5, 5.41) is 9.65. The van der Waals surface area contributed by atoms with Gasteiger partial charge in [-0.1, -0.05) is 0 Å². The average molecular weight is 419 g/mol. The topological polar surface area (TPSA) is 70.1 Å². The molecule has 0 bridgehead atoms. The van der Waals surface area contributed by atoms with E-state index in [1.165, 1.54) is 11.3 Å². The number of nitrogens with zero attached hydrogens (tertiary/aromatic N) is 2. The molecule has 1 saturated heterocycles. The number of ether oxygens (including phenoxy) is 1. The summed E-state index contributed by atoms with van der Waals surface area (Å²) in [5.74, 6) is -0.866. The molecule has 8 heteroatoms. The predicted molar refractivity (Wildman–Crippen MR) is 96.4 cm³/mol. The Morgan fingerprint density at radius 1 is 1.25 bits per heavy atom. The first-order chi connectivity index (χ1) is 11.2. The molecule has 0 aromatic carbocycles. The fourth-order valence-corrected chi connectivity index (χ4v) is 4.19. The Labute approximate surface area is 154 Å². The zero-order chi connectivity index (χ0) is 17.9. The second-order valence-electron chi connectivity index (χ2n) is 6.74. The lowest BCUT2D eigenvalue weighted by Gasteiger charge is -2.28. The molecule has 1 aromatic rings. The van der Waals surface area contributed by atoms with E-state index in [0.717, 1.165) is 15.1 Å². The molecular formula is C16H23BrN2O4S. The third-order valence-corrected chi connectivity index (χ3v) is 5.32. The van der Waals surface area contributed by atoms with Crippen molar-refractivity contribution in [1.29, 1.82) is 0 Å². The van der Waals surface area contributed by atoms with Crippen LogP contribution >= 0.6 is 27.3 Å². The van der Waals surface area contributed by atoms with Crippen molar-refractivity contribution in [2.24, 2.45) is 0 Å². The van der Waals surface area contributed by atoms with Gasteiger partial charge in [-0.25, -0.2) is 4.79 Å². The van der Waals surface area contributed by atoms with Crippen molar-refractivity contribution >= 4 is 39.3 Å². The normalized spacial score (nSPS) is 18.1. The molecule has 24 heavy (non-hydrogen) atoms. The van der Waals surface area contributed by atoms with Crippen LogP contribution in [0.2, 0.25) is 0 Å². The molecule has 134 valence electrons. The number of halogens is 1. The predicted octanol–water partition coefficient (Wildman–Crippen LogP) is 3.58. The van der Waals surface area contributed by atoms with Gasteiger partial charge in [-0.2, -0.15) is 0 Å². The summed E-state index contributed by atoms with van der Waals surface area (Å²) in [6.45, 7) is 7.69. The molecule has 0 aliphatic carbocycles. The van der Waals surface area contributed by atoms with E-state index in [1.54, 1.807) is 4.90 Å². The molecule has 0 radical (unpaired) electrons. The van der Waals surface area contributed by atoms with Crippen molar-refractivity contribution in [3.63, 3.8) is 0 Å². The number of hydrogen-bond acceptors (Lipinski definition) is 5. The van der Waals surface area contributed by atoms with Crippen LogP contribution in [0.4, 0.5) is 4.79 Å². The zero-order valence-corrected chi connectivity index (χ0v) is 16.5. The highest BCUT2D eigenvalue weighted by atomic mass is 79.9. The van der Waals surface area contributed by atoms with Crippen molar-refractivity contribution in [2.45, 2.75) is 38.8 Å². The molecule has 0 saturated carbocycles. The Hall–Kier alpha value is -1.12. The van der Waals surface area contributed by atoms with Crippen molar-refractivity contribution in [2.75, 3.05) is 26.2 Å². The fourth-order valence-electron chi connectivity index (χ4n) is 2.64. The van der Waals surface area contributed by atoms with Crippen LogP contribution in [0.25, 0.3) is 0 Å². The van der Waals surface area contributed by atoms with Crippen LogP contribution < -0.4 is 0 Å². The second kappa shape index (κ2) is 7.84. The van der Waals surface area contributed by atoms with Gasteiger partial charge in [0.05, 0.1) is 3.79 Å². The average Bonchev–Trinajstić information content (AvgIpc) is 2.71. The van der Waals surface area contributed by atoms with Crippen LogP contribution in [-0.4, -0.2) is 58.7 Å². The van der Waals surface area contributed by atoms with Gasteiger partial charge >= 0.3 is 12.1 Å². The molecule has 1 aliphatic rings. The third-order valence-electron chi connectivity index (χ3n) is 3.64. The quantitative estimate of drug-likeness (QED) is 0.811. The molecule has 0 spiro atoms. The SMILES string of the molecule is CC(C)(C)OC(=O)N1CCCN(C(C(=O)O)c2ccc(Br)s2)CC1. The summed E-state index contributed by atoms with van der Waals surface area (Å²) in [7, 11) is 0. The second-order valence-corrected chi connectivity index (χ2v) is 9.23. The van der Waals surface area contributed by atoms with E-state index in [1.807, 2.05) is 37.8 Å². The molecule has 2 heterocycles. The first kappa shape index (κ1) is 19.2. The van der Waals surface area contributed by atoms with Crippen LogP contribution in [0.5, 0.6) is 0 Å². The highest BCUT2D eigenvalue weighted by Crippen LogP contribution is 2.31. The van der Waals surface area contributed by atoms with Crippen LogP contribution in [0.3, 0.4) is 0 Å². The van der Waals surface area contributed by atoms with Gasteiger partial charge in [0.1, 0.15) is 11.6 Å². The Bertz CT molecular complexity index is 599. The Morgan fingerprint density at radius 3 is 2.50 bits per heavy atom. The number of carbonyl (C=O) groups excluding carboxylic acids is 1. The summed E-state index contributed by atoms with van der Waals surface area (Å²) < 4.78 is 6.32. The minimum atomic E-state index is -0.866. The van der Waals surface area contributed by atoms with Gasteiger partial charge in [0, 0.05) is 31.1 Å². The Morgan fingerprint density at radius 2 is 1.96 bits per heavy atom. The summed E-state index contributed by atoms with van der Waals surface area (Å²) in [6, 6.07) is 3.02. The van der Waals surface area contributed by atoms with E-state index in [4.69, 9.17) is 4.74 Å². The highest BCUT2D eigenvalue weighted by molar-refractivity contribution is 9.11. The van der Waals surface area contributed by atoms with Gasteiger partial charge in [0.2, 0.25) is 0 Å². The first-order valence-electron chi connectivity index (χ1n) is 7.87. The van der Waals surface area contributed by atoms with E-state index in [0.29, 0.717) is 26.2 Å². The van der Waals surface area contributed by atoms with E-state index >= 15 is 0 Å². The van der Waals surface area contributed by atoms with Crippen LogP contribution in [0.1, 0.15) is 38.1 Å². The number of carboxylic acids is 1. The highest BCUT2D eigenvalue weighted by Gasteiger charge is 2.32. The largest absolute Gasteiger partial charge is 0.480 e. The summed E-state index contributed by atoms with van der Waals surface area (Å²) in [4.78, 5) is 28.4. The number of thiophene rings is 1. The molecule has 1 N–H and O–H groups in total. The molecule has 6 nitrogen and oxygen atoms in total. The number of aliphatic carboxylic acids is 1. The van der Waals surface area contributed by atoms with Crippen molar-refractivity contribution in [1.82, 2.24) is 9.80 Å². The number of carbonyl (C=O) groups is 2. The van der Waals surface area contributed by atoms with Gasteiger partial charge in [0.25, 0.3) is 0 Å². The van der Waals surface area contributed by atoms with E-state index in [9.17, 15) is 14.7 Å². The van der Waals surface area contributed by atoms with E-state index in [2.05, 4.69) is 15.9 Å². The standard InChI is InChI=1S/C16H23BrN2O4S/c1-16(2,3)23-15(22)19-8-4-7-18(9-10-19)13(14(20)21)11-5-6-12(17)24-11/h5-6,13H,4,7-10H2,1-3H3,(H,20,21). The number of hydrogen-bond donors (Lipinski definition) is 1. The molecular weight excluding hydrogens is 396 g/mol. The van der Waals surface area contributed by atoms with E-state index in [-0.39, 0.29) is 6.09 Å². The van der Waals surface area contributed by atoms with Gasteiger partial charge < -0.3 is 14.7 Å². The monoisotopic (exact) mass is 418 g/mol. The summed E-state index contributed by atoms with van der Waals surface area (Å²) in [5.41, 5.74) is -0.532. The van der Waals surface area contributed by atoms with Crippen molar-refractivity contribution in [3.05, 3.63) is 20.8 Å². The number of carboxylic acid groups (broad SMARTS) is 1. The maximum absolute atomic E-state index is 12.2. The zero-order valence-electron chi connectivity index (χ0n) is 14.1. The molecule has 1 aromatic heterocycles. The lowest BCUT2D eigenvalue weighted by Crippen LogP contribution is -2.40. The lowest BCUT2D eigenvalue weighted by atomic mass is 10.2. The van der Waals surface area contributed by atoms with Gasteiger partial charge in [-0.05, 0) is 55.3 Å². The Kier molecular flexibility index (Phi) is 6.28. The molecule has 1 fully saturated rings. The Balaban J connectivity index is 2.06. The van der Waals surface area contributed by atoms with Crippen LogP contribution in [0.15, 0.2) is 15.9 Å². The van der Waals surface area contributed by atoms with Crippen molar-refractivity contribution < 1.29 is 19.4 Å². The third kappa shape index (κ3) is 5.19. The molecule has 1 atom stereocenters. The van der Waals surface area contributed by atoms with Gasteiger partial charge in [0.15, 0.2) is 0 Å². The number of rotatable bonds is 3. The molecule has 1 unspecified atom stereocenters. The maximum Gasteiger partial charge on any atom is 0.410 e. The number of amides is 1. The summed E-state index contributed by atoms with van der Waals surface area (Å²) >= 11 is 4.81. The summed E-state index contributed by atoms with van der Waals surface area (Å²) in [6.07, 6.45) is 0.380. The smallest absolute Gasteiger partial charge is 0.410 e. The lowest BCUT2D eigenvalue weighted by molar-refractivity contribution is -0.143. The van der Waals surface area contributed by atoms with Crippen LogP contribution in [-0.2, 0) is 9.53 Å². The van der Waals surface area contributed by atoms with Crippen molar-refractivity contribution in [3.8, 4) is 0 Å².